The quantitative estimate of drug-likeness (QED) is 0.732. The van der Waals surface area contributed by atoms with Gasteiger partial charge >= 0.3 is 0 Å². The van der Waals surface area contributed by atoms with Crippen LogP contribution in [0.3, 0.4) is 0 Å². The molecule has 4 heteroatoms. The van der Waals surface area contributed by atoms with Crippen molar-refractivity contribution in [3.63, 3.8) is 0 Å². The predicted octanol–water partition coefficient (Wildman–Crippen LogP) is 4.41. The standard InChI is InChI=1S/C19H36N4/c1-8-10-23(11-9-2)17-20-12-16(13-21-17)14-22-19(6,7)15-18(3,4)5/h12-13,22H,8-11,14-15H2,1-7H3. The van der Waals surface area contributed by atoms with Crippen LogP contribution < -0.4 is 10.2 Å². The maximum Gasteiger partial charge on any atom is 0.225 e. The Morgan fingerprint density at radius 3 is 1.91 bits per heavy atom. The molecular formula is C19H36N4. The van der Waals surface area contributed by atoms with Gasteiger partial charge in [0.1, 0.15) is 0 Å². The molecule has 0 aliphatic rings. The van der Waals surface area contributed by atoms with E-state index in [4.69, 9.17) is 0 Å². The molecule has 132 valence electrons. The van der Waals surface area contributed by atoms with Gasteiger partial charge in [0, 0.05) is 43.1 Å². The summed E-state index contributed by atoms with van der Waals surface area (Å²) < 4.78 is 0. The monoisotopic (exact) mass is 320 g/mol. The molecule has 1 aromatic heterocycles. The maximum atomic E-state index is 4.57. The molecule has 0 aliphatic carbocycles. The highest BCUT2D eigenvalue weighted by atomic mass is 15.2. The topological polar surface area (TPSA) is 41.1 Å². The lowest BCUT2D eigenvalue weighted by Gasteiger charge is -2.33. The van der Waals surface area contributed by atoms with Crippen molar-refractivity contribution in [1.29, 1.82) is 0 Å². The average Bonchev–Trinajstić information content (AvgIpc) is 2.43. The first kappa shape index (κ1) is 19.9. The molecule has 4 nitrogen and oxygen atoms in total. The van der Waals surface area contributed by atoms with Crippen LogP contribution >= 0.6 is 0 Å². The highest BCUT2D eigenvalue weighted by Crippen LogP contribution is 2.27. The molecule has 0 radical (unpaired) electrons. The van der Waals surface area contributed by atoms with Crippen LogP contribution in [0.25, 0.3) is 0 Å². The Hall–Kier alpha value is -1.16. The van der Waals surface area contributed by atoms with Gasteiger partial charge < -0.3 is 10.2 Å². The minimum atomic E-state index is 0.105. The lowest BCUT2D eigenvalue weighted by Crippen LogP contribution is -2.41. The van der Waals surface area contributed by atoms with E-state index in [1.54, 1.807) is 0 Å². The van der Waals surface area contributed by atoms with E-state index in [-0.39, 0.29) is 5.54 Å². The molecule has 0 bridgehead atoms. The minimum Gasteiger partial charge on any atom is -0.341 e. The second-order valence-corrected chi connectivity index (χ2v) is 8.35. The fraction of sp³-hybridized carbons (Fsp3) is 0.789. The highest BCUT2D eigenvalue weighted by Gasteiger charge is 2.24. The molecule has 0 unspecified atom stereocenters. The summed E-state index contributed by atoms with van der Waals surface area (Å²) in [5, 5.41) is 3.64. The molecule has 0 atom stereocenters. The molecule has 1 rings (SSSR count). The van der Waals surface area contributed by atoms with Gasteiger partial charge in [0.2, 0.25) is 5.95 Å². The number of hydrogen-bond acceptors (Lipinski definition) is 4. The van der Waals surface area contributed by atoms with Gasteiger partial charge in [-0.25, -0.2) is 9.97 Å². The summed E-state index contributed by atoms with van der Waals surface area (Å²) in [6, 6.07) is 0. The Kier molecular flexibility index (Phi) is 7.46. The van der Waals surface area contributed by atoms with E-state index in [0.29, 0.717) is 5.41 Å². The molecule has 0 saturated heterocycles. The molecule has 1 heterocycles. The van der Waals surface area contributed by atoms with Crippen LogP contribution in [0.1, 0.15) is 73.3 Å². The summed E-state index contributed by atoms with van der Waals surface area (Å²) in [4.78, 5) is 11.4. The van der Waals surface area contributed by atoms with Crippen LogP contribution in [0.15, 0.2) is 12.4 Å². The van der Waals surface area contributed by atoms with Crippen molar-refractivity contribution in [3.05, 3.63) is 18.0 Å². The highest BCUT2D eigenvalue weighted by molar-refractivity contribution is 5.29. The molecule has 0 aliphatic heterocycles. The van der Waals surface area contributed by atoms with E-state index in [1.165, 1.54) is 0 Å². The Morgan fingerprint density at radius 2 is 1.48 bits per heavy atom. The van der Waals surface area contributed by atoms with Crippen molar-refractivity contribution >= 4 is 5.95 Å². The first-order valence-corrected chi connectivity index (χ1v) is 8.98. The van der Waals surface area contributed by atoms with Crippen LogP contribution in [0.5, 0.6) is 0 Å². The molecule has 0 saturated carbocycles. The van der Waals surface area contributed by atoms with E-state index < -0.39 is 0 Å². The SMILES string of the molecule is CCCN(CCC)c1ncc(CNC(C)(C)CC(C)(C)C)cn1. The Balaban J connectivity index is 2.63. The van der Waals surface area contributed by atoms with E-state index in [0.717, 1.165) is 50.4 Å². The Morgan fingerprint density at radius 1 is 0.957 bits per heavy atom. The number of nitrogens with one attached hydrogen (secondary N) is 1. The number of aromatic nitrogens is 2. The third-order valence-electron chi connectivity index (χ3n) is 3.70. The van der Waals surface area contributed by atoms with Crippen LogP contribution in [0.4, 0.5) is 5.95 Å². The third-order valence-corrected chi connectivity index (χ3v) is 3.70. The minimum absolute atomic E-state index is 0.105. The fourth-order valence-electron chi connectivity index (χ4n) is 3.18. The van der Waals surface area contributed by atoms with Gasteiger partial charge in [-0.3, -0.25) is 0 Å². The summed E-state index contributed by atoms with van der Waals surface area (Å²) >= 11 is 0. The van der Waals surface area contributed by atoms with Crippen molar-refractivity contribution < 1.29 is 0 Å². The van der Waals surface area contributed by atoms with Gasteiger partial charge in [0.15, 0.2) is 0 Å². The van der Waals surface area contributed by atoms with Gasteiger partial charge in [-0.2, -0.15) is 0 Å². The molecule has 0 spiro atoms. The number of nitrogens with zero attached hydrogens (tertiary/aromatic N) is 3. The van der Waals surface area contributed by atoms with Crippen LogP contribution in [0, 0.1) is 5.41 Å². The molecular weight excluding hydrogens is 284 g/mol. The second-order valence-electron chi connectivity index (χ2n) is 8.35. The van der Waals surface area contributed by atoms with Crippen molar-refractivity contribution in [1.82, 2.24) is 15.3 Å². The van der Waals surface area contributed by atoms with Crippen molar-refractivity contribution in [2.45, 2.75) is 79.8 Å². The zero-order chi connectivity index (χ0) is 17.5. The van der Waals surface area contributed by atoms with Crippen molar-refractivity contribution in [3.8, 4) is 0 Å². The molecule has 0 fully saturated rings. The van der Waals surface area contributed by atoms with E-state index in [1.807, 2.05) is 12.4 Å². The van der Waals surface area contributed by atoms with Crippen LogP contribution in [0.2, 0.25) is 0 Å². The van der Waals surface area contributed by atoms with E-state index >= 15 is 0 Å². The first-order chi connectivity index (χ1) is 10.7. The summed E-state index contributed by atoms with van der Waals surface area (Å²) in [7, 11) is 0. The summed E-state index contributed by atoms with van der Waals surface area (Å²) in [5.74, 6) is 0.853. The molecule has 0 amide bonds. The molecule has 0 aromatic carbocycles. The average molecular weight is 321 g/mol. The lowest BCUT2D eigenvalue weighted by molar-refractivity contribution is 0.240. The van der Waals surface area contributed by atoms with Gasteiger partial charge in [-0.15, -0.1) is 0 Å². The largest absolute Gasteiger partial charge is 0.341 e. The molecule has 1 aromatic rings. The molecule has 23 heavy (non-hydrogen) atoms. The lowest BCUT2D eigenvalue weighted by atomic mass is 9.82. The maximum absolute atomic E-state index is 4.57. The van der Waals surface area contributed by atoms with Crippen LogP contribution in [-0.4, -0.2) is 28.6 Å². The Labute approximate surface area is 143 Å². The fourth-order valence-corrected chi connectivity index (χ4v) is 3.18. The zero-order valence-corrected chi connectivity index (χ0v) is 16.2. The second kappa shape index (κ2) is 8.62. The molecule has 1 N–H and O–H groups in total. The third kappa shape index (κ3) is 7.78. The smallest absolute Gasteiger partial charge is 0.225 e. The van der Waals surface area contributed by atoms with E-state index in [9.17, 15) is 0 Å². The van der Waals surface area contributed by atoms with Gasteiger partial charge in [-0.1, -0.05) is 34.6 Å². The summed E-state index contributed by atoms with van der Waals surface area (Å²) in [5.41, 5.74) is 1.56. The predicted molar refractivity (Wildman–Crippen MR) is 99.8 cm³/mol. The van der Waals surface area contributed by atoms with E-state index in [2.05, 4.69) is 68.7 Å². The number of hydrogen-bond donors (Lipinski definition) is 1. The van der Waals surface area contributed by atoms with Gasteiger partial charge in [0.05, 0.1) is 0 Å². The van der Waals surface area contributed by atoms with Crippen molar-refractivity contribution in [2.24, 2.45) is 5.41 Å². The van der Waals surface area contributed by atoms with Gasteiger partial charge in [0.25, 0.3) is 0 Å². The summed E-state index contributed by atoms with van der Waals surface area (Å²) in [6.07, 6.45) is 7.28. The van der Waals surface area contributed by atoms with Gasteiger partial charge in [-0.05, 0) is 38.5 Å². The Bertz CT molecular complexity index is 439. The number of rotatable bonds is 9. The van der Waals surface area contributed by atoms with Crippen LogP contribution in [-0.2, 0) is 6.54 Å². The summed E-state index contributed by atoms with van der Waals surface area (Å²) in [6.45, 7) is 18.6. The van der Waals surface area contributed by atoms with Crippen molar-refractivity contribution in [2.75, 3.05) is 18.0 Å². The number of anilines is 1. The zero-order valence-electron chi connectivity index (χ0n) is 16.2. The first-order valence-electron chi connectivity index (χ1n) is 8.98. The normalized spacial score (nSPS) is 12.5.